The lowest BCUT2D eigenvalue weighted by Gasteiger charge is -2.27. The van der Waals surface area contributed by atoms with Crippen molar-refractivity contribution < 1.29 is 27.9 Å². The molecule has 0 bridgehead atoms. The quantitative estimate of drug-likeness (QED) is 0.806. The van der Waals surface area contributed by atoms with Gasteiger partial charge in [0.05, 0.1) is 6.04 Å². The highest BCUT2D eigenvalue weighted by atomic mass is 19.4. The zero-order chi connectivity index (χ0) is 14.9. The molecule has 1 aliphatic heterocycles. The minimum Gasteiger partial charge on any atom is -0.480 e. The number of carboxylic acid groups (broad SMARTS) is 1. The van der Waals surface area contributed by atoms with Gasteiger partial charge in [-0.1, -0.05) is 6.42 Å². The minimum atomic E-state index is -4.60. The van der Waals surface area contributed by atoms with Crippen molar-refractivity contribution in [1.82, 2.24) is 10.2 Å². The van der Waals surface area contributed by atoms with E-state index >= 15 is 0 Å². The second-order valence-electron chi connectivity index (χ2n) is 5.44. The van der Waals surface area contributed by atoms with Gasteiger partial charge in [0.25, 0.3) is 0 Å². The summed E-state index contributed by atoms with van der Waals surface area (Å²) < 4.78 is 37.4. The molecular formula is C12H17F3N2O3. The molecule has 0 spiro atoms. The Labute approximate surface area is 114 Å². The monoisotopic (exact) mass is 294 g/mol. The van der Waals surface area contributed by atoms with Gasteiger partial charge in [0.1, 0.15) is 13.1 Å². The van der Waals surface area contributed by atoms with Crippen LogP contribution in [0.4, 0.5) is 13.2 Å². The number of amides is 1. The number of fused-ring (bicyclic) bond motifs is 1. The molecule has 1 aliphatic carbocycles. The van der Waals surface area contributed by atoms with E-state index in [9.17, 15) is 22.8 Å². The zero-order valence-corrected chi connectivity index (χ0v) is 10.8. The first-order valence-electron chi connectivity index (χ1n) is 6.58. The Balaban J connectivity index is 2.07. The molecule has 114 valence electrons. The van der Waals surface area contributed by atoms with Gasteiger partial charge in [-0.05, 0) is 31.2 Å². The second-order valence-corrected chi connectivity index (χ2v) is 5.44. The van der Waals surface area contributed by atoms with E-state index in [0.717, 1.165) is 19.3 Å². The molecule has 0 aromatic carbocycles. The van der Waals surface area contributed by atoms with Crippen LogP contribution in [0.15, 0.2) is 0 Å². The predicted octanol–water partition coefficient (Wildman–Crippen LogP) is 0.850. The first-order chi connectivity index (χ1) is 9.28. The summed E-state index contributed by atoms with van der Waals surface area (Å²) in [6.07, 6.45) is -1.85. The lowest BCUT2D eigenvalue weighted by Crippen LogP contribution is -2.51. The zero-order valence-electron chi connectivity index (χ0n) is 10.8. The SMILES string of the molecule is O=C(O)CN(CC(F)(F)F)C(=O)C1NCC2CCCC21. The maximum absolute atomic E-state index is 12.5. The number of carboxylic acids is 1. The van der Waals surface area contributed by atoms with Crippen LogP contribution in [0, 0.1) is 11.8 Å². The van der Waals surface area contributed by atoms with Gasteiger partial charge in [-0.15, -0.1) is 0 Å². The van der Waals surface area contributed by atoms with E-state index in [-0.39, 0.29) is 5.92 Å². The summed E-state index contributed by atoms with van der Waals surface area (Å²) in [5.41, 5.74) is 0. The molecule has 2 aliphatic rings. The largest absolute Gasteiger partial charge is 0.480 e. The van der Waals surface area contributed by atoms with E-state index in [4.69, 9.17) is 5.11 Å². The number of nitrogens with zero attached hydrogens (tertiary/aromatic N) is 1. The van der Waals surface area contributed by atoms with E-state index in [2.05, 4.69) is 5.32 Å². The maximum Gasteiger partial charge on any atom is 0.406 e. The first kappa shape index (κ1) is 15.1. The Hall–Kier alpha value is -1.31. The van der Waals surface area contributed by atoms with Gasteiger partial charge in [-0.2, -0.15) is 13.2 Å². The molecule has 5 nitrogen and oxygen atoms in total. The molecule has 1 amide bonds. The Morgan fingerprint density at radius 2 is 2.00 bits per heavy atom. The van der Waals surface area contributed by atoms with E-state index in [0.29, 0.717) is 17.4 Å². The van der Waals surface area contributed by atoms with Crippen LogP contribution in [0.2, 0.25) is 0 Å². The lowest BCUT2D eigenvalue weighted by molar-refractivity contribution is -0.167. The van der Waals surface area contributed by atoms with Gasteiger partial charge in [0.15, 0.2) is 0 Å². The van der Waals surface area contributed by atoms with Crippen LogP contribution in [-0.4, -0.2) is 53.7 Å². The van der Waals surface area contributed by atoms with E-state index in [1.807, 2.05) is 0 Å². The fourth-order valence-corrected chi connectivity index (χ4v) is 3.25. The number of halogens is 3. The Morgan fingerprint density at radius 1 is 1.30 bits per heavy atom. The minimum absolute atomic E-state index is 0.0343. The van der Waals surface area contributed by atoms with Crippen LogP contribution in [0.3, 0.4) is 0 Å². The fraction of sp³-hybridized carbons (Fsp3) is 0.833. The fourth-order valence-electron chi connectivity index (χ4n) is 3.25. The molecule has 1 heterocycles. The van der Waals surface area contributed by atoms with Crippen LogP contribution in [0.25, 0.3) is 0 Å². The summed E-state index contributed by atoms with van der Waals surface area (Å²) in [5.74, 6) is -1.84. The molecule has 0 radical (unpaired) electrons. The standard InChI is InChI=1S/C12H17F3N2O3/c13-12(14,15)6-17(5-9(18)19)11(20)10-8-3-1-2-7(8)4-16-10/h7-8,10,16H,1-6H2,(H,18,19). The van der Waals surface area contributed by atoms with Gasteiger partial charge in [-0.3, -0.25) is 9.59 Å². The maximum atomic E-state index is 12.5. The van der Waals surface area contributed by atoms with Crippen molar-refractivity contribution in [3.63, 3.8) is 0 Å². The molecule has 2 N–H and O–H groups in total. The average molecular weight is 294 g/mol. The molecule has 3 atom stereocenters. The van der Waals surface area contributed by atoms with Gasteiger partial charge < -0.3 is 15.3 Å². The summed E-state index contributed by atoms with van der Waals surface area (Å²) in [7, 11) is 0. The molecule has 2 rings (SSSR count). The van der Waals surface area contributed by atoms with Crippen LogP contribution in [-0.2, 0) is 9.59 Å². The third-order valence-corrected chi connectivity index (χ3v) is 4.02. The van der Waals surface area contributed by atoms with Gasteiger partial charge >= 0.3 is 12.1 Å². The Morgan fingerprint density at radius 3 is 2.60 bits per heavy atom. The molecular weight excluding hydrogens is 277 g/mol. The summed E-state index contributed by atoms with van der Waals surface area (Å²) >= 11 is 0. The third-order valence-electron chi connectivity index (χ3n) is 4.02. The second kappa shape index (κ2) is 5.59. The Kier molecular flexibility index (Phi) is 4.22. The lowest BCUT2D eigenvalue weighted by atomic mass is 9.93. The van der Waals surface area contributed by atoms with Crippen molar-refractivity contribution in [2.24, 2.45) is 11.8 Å². The van der Waals surface area contributed by atoms with Crippen LogP contribution in [0.1, 0.15) is 19.3 Å². The number of carbonyl (C=O) groups excluding carboxylic acids is 1. The van der Waals surface area contributed by atoms with E-state index in [1.54, 1.807) is 0 Å². The highest BCUT2D eigenvalue weighted by Gasteiger charge is 2.45. The number of hydrogen-bond acceptors (Lipinski definition) is 3. The first-order valence-corrected chi connectivity index (χ1v) is 6.58. The normalized spacial score (nSPS) is 29.2. The number of nitrogens with one attached hydrogen (secondary N) is 1. The summed E-state index contributed by atoms with van der Waals surface area (Å²) in [5, 5.41) is 11.6. The Bertz CT molecular complexity index is 400. The van der Waals surface area contributed by atoms with Crippen molar-refractivity contribution in [2.45, 2.75) is 31.5 Å². The number of hydrogen-bond donors (Lipinski definition) is 2. The molecule has 8 heteroatoms. The third kappa shape index (κ3) is 3.41. The van der Waals surface area contributed by atoms with Gasteiger partial charge in [0.2, 0.25) is 5.91 Å². The number of alkyl halides is 3. The molecule has 2 fully saturated rings. The summed E-state index contributed by atoms with van der Waals surface area (Å²) in [6, 6.07) is -0.677. The number of rotatable bonds is 4. The van der Waals surface area contributed by atoms with Crippen molar-refractivity contribution in [3.05, 3.63) is 0 Å². The highest BCUT2D eigenvalue weighted by Crippen LogP contribution is 2.38. The number of aliphatic carboxylic acids is 1. The number of carbonyl (C=O) groups is 2. The van der Waals surface area contributed by atoms with Crippen LogP contribution in [0.5, 0.6) is 0 Å². The average Bonchev–Trinajstić information content (AvgIpc) is 2.85. The molecule has 0 aromatic rings. The molecule has 3 unspecified atom stereocenters. The summed E-state index contributed by atoms with van der Waals surface area (Å²) in [6.45, 7) is -1.82. The van der Waals surface area contributed by atoms with E-state index < -0.39 is 37.2 Å². The molecule has 1 saturated carbocycles. The molecule has 0 aromatic heterocycles. The van der Waals surface area contributed by atoms with Gasteiger partial charge in [-0.25, -0.2) is 0 Å². The highest BCUT2D eigenvalue weighted by molar-refractivity contribution is 5.86. The molecule has 1 saturated heterocycles. The van der Waals surface area contributed by atoms with Crippen molar-refractivity contribution in [1.29, 1.82) is 0 Å². The summed E-state index contributed by atoms with van der Waals surface area (Å²) in [4.78, 5) is 23.3. The molecule has 20 heavy (non-hydrogen) atoms. The topological polar surface area (TPSA) is 69.6 Å². The van der Waals surface area contributed by atoms with Crippen molar-refractivity contribution in [3.8, 4) is 0 Å². The van der Waals surface area contributed by atoms with E-state index in [1.165, 1.54) is 0 Å². The van der Waals surface area contributed by atoms with Crippen LogP contribution < -0.4 is 5.32 Å². The van der Waals surface area contributed by atoms with Gasteiger partial charge in [0, 0.05) is 0 Å². The van der Waals surface area contributed by atoms with Crippen LogP contribution >= 0.6 is 0 Å². The van der Waals surface area contributed by atoms with Crippen molar-refractivity contribution in [2.75, 3.05) is 19.6 Å². The predicted molar refractivity (Wildman–Crippen MR) is 62.9 cm³/mol. The van der Waals surface area contributed by atoms with Crippen molar-refractivity contribution >= 4 is 11.9 Å². The smallest absolute Gasteiger partial charge is 0.406 e.